The summed E-state index contributed by atoms with van der Waals surface area (Å²) in [6.07, 6.45) is 11.8. The molecule has 3 fully saturated rings. The van der Waals surface area contributed by atoms with Gasteiger partial charge in [0, 0.05) is 0 Å². The number of ether oxygens (including phenoxy) is 2. The molecule has 0 saturated heterocycles. The van der Waals surface area contributed by atoms with E-state index in [-0.39, 0.29) is 11.2 Å². The maximum atomic E-state index is 6.74. The van der Waals surface area contributed by atoms with E-state index in [1.54, 1.807) is 0 Å². The lowest BCUT2D eigenvalue weighted by molar-refractivity contribution is -0.227. The fourth-order valence-corrected chi connectivity index (χ4v) is 5.81. The second-order valence-electron chi connectivity index (χ2n) is 10.6. The Morgan fingerprint density at radius 2 is 0.750 bits per heavy atom. The van der Waals surface area contributed by atoms with E-state index in [4.69, 9.17) is 9.47 Å². The Morgan fingerprint density at radius 1 is 0.500 bits per heavy atom. The Hall–Kier alpha value is -0.0800. The maximum Gasteiger partial charge on any atom is 0.0645 e. The van der Waals surface area contributed by atoms with Crippen LogP contribution in [0.1, 0.15) is 92.9 Å². The van der Waals surface area contributed by atoms with Gasteiger partial charge in [0.25, 0.3) is 0 Å². The van der Waals surface area contributed by atoms with E-state index in [9.17, 15) is 0 Å². The van der Waals surface area contributed by atoms with E-state index in [1.165, 1.54) is 51.4 Å². The fourth-order valence-electron chi connectivity index (χ4n) is 5.81. The third-order valence-electron chi connectivity index (χ3n) is 6.42. The van der Waals surface area contributed by atoms with Gasteiger partial charge >= 0.3 is 0 Å². The predicted molar refractivity (Wildman–Crippen MR) is 100 cm³/mol. The third kappa shape index (κ3) is 4.18. The molecule has 3 rings (SSSR count). The van der Waals surface area contributed by atoms with Gasteiger partial charge < -0.3 is 9.47 Å². The van der Waals surface area contributed by atoms with Crippen LogP contribution in [-0.2, 0) is 9.47 Å². The van der Waals surface area contributed by atoms with Gasteiger partial charge in [-0.25, -0.2) is 0 Å². The zero-order chi connectivity index (χ0) is 17.5. The first-order valence-corrected chi connectivity index (χ1v) is 10.5. The van der Waals surface area contributed by atoms with E-state index in [0.717, 1.165) is 0 Å². The molecule has 140 valence electrons. The summed E-state index contributed by atoms with van der Waals surface area (Å²) in [7, 11) is 0. The normalized spacial score (nSPS) is 40.8. The SMILES string of the molecule is CC(C)(C)OC1C2CCCCC2C(OC(C)(C)C)C2CCCCC21. The second-order valence-corrected chi connectivity index (χ2v) is 10.6. The van der Waals surface area contributed by atoms with E-state index in [2.05, 4.69) is 41.5 Å². The molecule has 0 heterocycles. The predicted octanol–water partition coefficient (Wildman–Crippen LogP) is 5.98. The lowest BCUT2D eigenvalue weighted by Crippen LogP contribution is -2.58. The highest BCUT2D eigenvalue weighted by Gasteiger charge is 2.53. The van der Waals surface area contributed by atoms with Crippen molar-refractivity contribution in [1.29, 1.82) is 0 Å². The highest BCUT2D eigenvalue weighted by Crippen LogP contribution is 2.53. The number of hydrogen-bond acceptors (Lipinski definition) is 2. The van der Waals surface area contributed by atoms with Gasteiger partial charge in [0.2, 0.25) is 0 Å². The monoisotopic (exact) mass is 336 g/mol. The number of hydrogen-bond donors (Lipinski definition) is 0. The van der Waals surface area contributed by atoms with Crippen LogP contribution in [0.25, 0.3) is 0 Å². The van der Waals surface area contributed by atoms with Crippen molar-refractivity contribution in [2.24, 2.45) is 23.7 Å². The van der Waals surface area contributed by atoms with Crippen molar-refractivity contribution >= 4 is 0 Å². The summed E-state index contributed by atoms with van der Waals surface area (Å²) >= 11 is 0. The van der Waals surface area contributed by atoms with E-state index in [1.807, 2.05) is 0 Å². The molecule has 24 heavy (non-hydrogen) atoms. The lowest BCUT2D eigenvalue weighted by atomic mass is 9.56. The molecule has 0 amide bonds. The van der Waals surface area contributed by atoms with Crippen LogP contribution in [0.2, 0.25) is 0 Å². The van der Waals surface area contributed by atoms with Gasteiger partial charge in [-0.05, 0) is 90.9 Å². The standard InChI is InChI=1S/C22H40O2/c1-21(2,3)23-19-15-11-7-9-13-17(15)20(24-22(4,5)6)18-14-10-8-12-16(18)19/h15-20H,7-14H2,1-6H3. The Morgan fingerprint density at radius 3 is 0.958 bits per heavy atom. The van der Waals surface area contributed by atoms with Crippen LogP contribution in [-0.4, -0.2) is 23.4 Å². The highest BCUT2D eigenvalue weighted by molar-refractivity contribution is 5.02. The fraction of sp³-hybridized carbons (Fsp3) is 1.00. The molecule has 0 spiro atoms. The summed E-state index contributed by atoms with van der Waals surface area (Å²) in [5.41, 5.74) is -0.0707. The average Bonchev–Trinajstić information content (AvgIpc) is 2.48. The molecule has 3 aliphatic rings. The van der Waals surface area contributed by atoms with Crippen molar-refractivity contribution in [2.45, 2.75) is 116 Å². The molecule has 0 aromatic heterocycles. The first kappa shape index (κ1) is 18.7. The zero-order valence-electron chi connectivity index (χ0n) is 16.9. The second kappa shape index (κ2) is 6.91. The molecule has 3 aliphatic carbocycles. The summed E-state index contributed by atoms with van der Waals surface area (Å²) in [5, 5.41) is 0. The summed E-state index contributed by atoms with van der Waals surface area (Å²) in [5.74, 6) is 2.85. The summed E-state index contributed by atoms with van der Waals surface area (Å²) in [4.78, 5) is 0. The van der Waals surface area contributed by atoms with Gasteiger partial charge in [-0.3, -0.25) is 0 Å². The Bertz CT molecular complexity index is 353. The van der Waals surface area contributed by atoms with Crippen LogP contribution >= 0.6 is 0 Å². The quantitative estimate of drug-likeness (QED) is 0.617. The minimum atomic E-state index is -0.0353. The van der Waals surface area contributed by atoms with Crippen LogP contribution < -0.4 is 0 Å². The third-order valence-corrected chi connectivity index (χ3v) is 6.42. The molecule has 0 aliphatic heterocycles. The summed E-state index contributed by atoms with van der Waals surface area (Å²) < 4.78 is 13.5. The first-order chi connectivity index (χ1) is 11.2. The molecule has 0 bridgehead atoms. The average molecular weight is 337 g/mol. The topological polar surface area (TPSA) is 18.5 Å². The molecule has 2 heteroatoms. The molecule has 4 unspecified atom stereocenters. The van der Waals surface area contributed by atoms with E-state index < -0.39 is 0 Å². The molecule has 3 saturated carbocycles. The largest absolute Gasteiger partial charge is 0.372 e. The van der Waals surface area contributed by atoms with Gasteiger partial charge in [0.15, 0.2) is 0 Å². The van der Waals surface area contributed by atoms with Crippen molar-refractivity contribution < 1.29 is 9.47 Å². The van der Waals surface area contributed by atoms with Gasteiger partial charge in [0.05, 0.1) is 23.4 Å². The van der Waals surface area contributed by atoms with Gasteiger partial charge in [0.1, 0.15) is 0 Å². The minimum Gasteiger partial charge on any atom is -0.372 e. The molecule has 2 nitrogen and oxygen atoms in total. The summed E-state index contributed by atoms with van der Waals surface area (Å²) in [6, 6.07) is 0. The smallest absolute Gasteiger partial charge is 0.0645 e. The van der Waals surface area contributed by atoms with Crippen molar-refractivity contribution in [3.8, 4) is 0 Å². The molecular formula is C22H40O2. The van der Waals surface area contributed by atoms with Gasteiger partial charge in [-0.15, -0.1) is 0 Å². The number of rotatable bonds is 2. The summed E-state index contributed by atoms with van der Waals surface area (Å²) in [6.45, 7) is 13.4. The van der Waals surface area contributed by atoms with Crippen LogP contribution in [0.3, 0.4) is 0 Å². The molecule has 0 aromatic carbocycles. The molecule has 0 N–H and O–H groups in total. The Balaban J connectivity index is 1.90. The molecule has 0 aromatic rings. The van der Waals surface area contributed by atoms with Crippen molar-refractivity contribution in [1.82, 2.24) is 0 Å². The Labute approximate surface area is 150 Å². The van der Waals surface area contributed by atoms with Gasteiger partial charge in [-0.2, -0.15) is 0 Å². The van der Waals surface area contributed by atoms with Crippen molar-refractivity contribution in [3.63, 3.8) is 0 Å². The maximum absolute atomic E-state index is 6.74. The number of fused-ring (bicyclic) bond motifs is 2. The van der Waals surface area contributed by atoms with E-state index in [0.29, 0.717) is 35.9 Å². The zero-order valence-corrected chi connectivity index (χ0v) is 16.9. The minimum absolute atomic E-state index is 0.0353. The molecule has 0 radical (unpaired) electrons. The van der Waals surface area contributed by atoms with Crippen LogP contribution in [0.15, 0.2) is 0 Å². The van der Waals surface area contributed by atoms with Gasteiger partial charge in [-0.1, -0.05) is 25.7 Å². The molecule has 4 atom stereocenters. The lowest BCUT2D eigenvalue weighted by Gasteiger charge is -2.56. The highest BCUT2D eigenvalue weighted by atomic mass is 16.5. The van der Waals surface area contributed by atoms with Crippen molar-refractivity contribution in [2.75, 3.05) is 0 Å². The molecular weight excluding hydrogens is 296 g/mol. The first-order valence-electron chi connectivity index (χ1n) is 10.5. The van der Waals surface area contributed by atoms with E-state index >= 15 is 0 Å². The Kier molecular flexibility index (Phi) is 5.39. The van der Waals surface area contributed by atoms with Crippen LogP contribution in [0.5, 0.6) is 0 Å². The van der Waals surface area contributed by atoms with Crippen LogP contribution in [0, 0.1) is 23.7 Å². The van der Waals surface area contributed by atoms with Crippen molar-refractivity contribution in [3.05, 3.63) is 0 Å². The van der Waals surface area contributed by atoms with Crippen LogP contribution in [0.4, 0.5) is 0 Å².